The van der Waals surface area contributed by atoms with E-state index in [4.69, 9.17) is 0 Å². The Balaban J connectivity index is 1.56. The molecule has 31 heavy (non-hydrogen) atoms. The molecular weight excluding hydrogens is 410 g/mol. The molecular formula is C24H31N3O3S. The van der Waals surface area contributed by atoms with Crippen molar-refractivity contribution in [2.24, 2.45) is 0 Å². The van der Waals surface area contributed by atoms with E-state index in [0.717, 1.165) is 37.0 Å². The Morgan fingerprint density at radius 3 is 2.29 bits per heavy atom. The summed E-state index contributed by atoms with van der Waals surface area (Å²) in [5, 5.41) is 0. The first-order valence-electron chi connectivity index (χ1n) is 10.5. The van der Waals surface area contributed by atoms with E-state index in [9.17, 15) is 13.2 Å². The molecule has 1 heterocycles. The molecule has 0 bridgehead atoms. The van der Waals surface area contributed by atoms with Crippen molar-refractivity contribution in [1.29, 1.82) is 0 Å². The van der Waals surface area contributed by atoms with E-state index < -0.39 is 10.0 Å². The van der Waals surface area contributed by atoms with Crippen LogP contribution >= 0.6 is 0 Å². The van der Waals surface area contributed by atoms with Crippen molar-refractivity contribution in [3.63, 3.8) is 0 Å². The summed E-state index contributed by atoms with van der Waals surface area (Å²) in [5.41, 5.74) is 3.78. The number of anilines is 1. The van der Waals surface area contributed by atoms with Crippen molar-refractivity contribution in [2.75, 3.05) is 49.8 Å². The molecule has 1 aliphatic heterocycles. The van der Waals surface area contributed by atoms with Crippen LogP contribution in [0.3, 0.4) is 0 Å². The number of amides is 1. The summed E-state index contributed by atoms with van der Waals surface area (Å²) in [5.74, 6) is -0.164. The number of rotatable bonds is 7. The number of hydrogen-bond acceptors (Lipinski definition) is 4. The Morgan fingerprint density at radius 2 is 1.68 bits per heavy atom. The molecule has 0 N–H and O–H groups in total. The van der Waals surface area contributed by atoms with Crippen molar-refractivity contribution in [2.45, 2.75) is 13.8 Å². The summed E-state index contributed by atoms with van der Waals surface area (Å²) in [6.45, 7) is 7.31. The summed E-state index contributed by atoms with van der Waals surface area (Å²) in [6, 6.07) is 15.6. The van der Waals surface area contributed by atoms with E-state index in [1.54, 1.807) is 11.0 Å². The molecule has 0 saturated carbocycles. The number of carbonyl (C=O) groups is 1. The molecule has 2 aromatic rings. The zero-order valence-corrected chi connectivity index (χ0v) is 19.3. The number of hydrogen-bond donors (Lipinski definition) is 0. The van der Waals surface area contributed by atoms with Gasteiger partial charge in [0.05, 0.1) is 11.9 Å². The van der Waals surface area contributed by atoms with Gasteiger partial charge in [0, 0.05) is 32.7 Å². The molecule has 1 saturated heterocycles. The Morgan fingerprint density at radius 1 is 1.00 bits per heavy atom. The van der Waals surface area contributed by atoms with Crippen LogP contribution in [0, 0.1) is 13.8 Å². The zero-order chi connectivity index (χ0) is 22.4. The van der Waals surface area contributed by atoms with Gasteiger partial charge in [0.2, 0.25) is 15.9 Å². The highest BCUT2D eigenvalue weighted by Crippen LogP contribution is 2.21. The van der Waals surface area contributed by atoms with Crippen LogP contribution in [0.25, 0.3) is 6.08 Å². The number of piperazine rings is 1. The molecule has 1 fully saturated rings. The third kappa shape index (κ3) is 6.42. The average Bonchev–Trinajstić information content (AvgIpc) is 2.74. The van der Waals surface area contributed by atoms with Crippen LogP contribution in [0.5, 0.6) is 0 Å². The maximum atomic E-state index is 12.9. The van der Waals surface area contributed by atoms with E-state index in [2.05, 4.69) is 29.2 Å². The Bertz CT molecular complexity index is 1030. The molecule has 0 atom stereocenters. The van der Waals surface area contributed by atoms with Gasteiger partial charge in [0.15, 0.2) is 0 Å². The molecule has 0 spiro atoms. The molecule has 0 aromatic heterocycles. The Labute approximate surface area is 185 Å². The SMILES string of the molecule is Cc1ccc(N(CC(=O)N2CCN(C/C=C/c3ccccc3)CC2)S(C)(=O)=O)cc1C. The molecule has 6 nitrogen and oxygen atoms in total. The lowest BCUT2D eigenvalue weighted by molar-refractivity contribution is -0.131. The molecule has 2 aromatic carbocycles. The first kappa shape index (κ1) is 23.0. The van der Waals surface area contributed by atoms with Gasteiger partial charge in [-0.1, -0.05) is 48.6 Å². The van der Waals surface area contributed by atoms with E-state index >= 15 is 0 Å². The molecule has 0 aliphatic carbocycles. The second kappa shape index (κ2) is 10.1. The summed E-state index contributed by atoms with van der Waals surface area (Å²) in [4.78, 5) is 16.9. The highest BCUT2D eigenvalue weighted by molar-refractivity contribution is 7.92. The molecule has 0 unspecified atom stereocenters. The summed E-state index contributed by atoms with van der Waals surface area (Å²) >= 11 is 0. The molecule has 3 rings (SSSR count). The molecule has 1 aliphatic rings. The summed E-state index contributed by atoms with van der Waals surface area (Å²) in [6.07, 6.45) is 5.38. The van der Waals surface area contributed by atoms with Crippen molar-refractivity contribution >= 4 is 27.7 Å². The van der Waals surface area contributed by atoms with Crippen molar-refractivity contribution in [1.82, 2.24) is 9.80 Å². The van der Waals surface area contributed by atoms with Crippen LogP contribution in [-0.2, 0) is 14.8 Å². The lowest BCUT2D eigenvalue weighted by Gasteiger charge is -2.35. The third-order valence-corrected chi connectivity index (χ3v) is 6.80. The van der Waals surface area contributed by atoms with Gasteiger partial charge in [0.1, 0.15) is 6.54 Å². The van der Waals surface area contributed by atoms with Gasteiger partial charge in [0.25, 0.3) is 0 Å². The average molecular weight is 442 g/mol. The monoisotopic (exact) mass is 441 g/mol. The third-order valence-electron chi connectivity index (χ3n) is 5.66. The van der Waals surface area contributed by atoms with Crippen LogP contribution in [-0.4, -0.2) is 69.6 Å². The highest BCUT2D eigenvalue weighted by atomic mass is 32.2. The van der Waals surface area contributed by atoms with Gasteiger partial charge in [-0.2, -0.15) is 0 Å². The Kier molecular flexibility index (Phi) is 7.51. The second-order valence-corrected chi connectivity index (χ2v) is 9.94. The summed E-state index contributed by atoms with van der Waals surface area (Å²) in [7, 11) is -3.56. The van der Waals surface area contributed by atoms with Gasteiger partial charge < -0.3 is 4.90 Å². The minimum atomic E-state index is -3.56. The van der Waals surface area contributed by atoms with E-state index in [0.29, 0.717) is 18.8 Å². The van der Waals surface area contributed by atoms with Crippen molar-refractivity contribution < 1.29 is 13.2 Å². The van der Waals surface area contributed by atoms with Crippen LogP contribution < -0.4 is 4.31 Å². The smallest absolute Gasteiger partial charge is 0.243 e. The topological polar surface area (TPSA) is 60.9 Å². The molecule has 166 valence electrons. The quantitative estimate of drug-likeness (QED) is 0.663. The number of benzene rings is 2. The highest BCUT2D eigenvalue weighted by Gasteiger charge is 2.26. The molecule has 1 amide bonds. The maximum absolute atomic E-state index is 12.9. The molecule has 7 heteroatoms. The molecule has 0 radical (unpaired) electrons. The predicted molar refractivity (Wildman–Crippen MR) is 127 cm³/mol. The lowest BCUT2D eigenvalue weighted by atomic mass is 10.1. The van der Waals surface area contributed by atoms with Gasteiger partial charge in [-0.25, -0.2) is 8.42 Å². The fourth-order valence-electron chi connectivity index (χ4n) is 3.59. The number of sulfonamides is 1. The lowest BCUT2D eigenvalue weighted by Crippen LogP contribution is -2.51. The van der Waals surface area contributed by atoms with E-state index in [1.807, 2.05) is 44.2 Å². The van der Waals surface area contributed by atoms with Gasteiger partial charge in [-0.15, -0.1) is 0 Å². The standard InChI is InChI=1S/C24H31N3O3S/c1-20-11-12-23(18-21(20)2)27(31(3,29)30)19-24(28)26-16-14-25(15-17-26)13-7-10-22-8-5-4-6-9-22/h4-12,18H,13-17,19H2,1-3H3/b10-7+. The van der Waals surface area contributed by atoms with Gasteiger partial charge in [-0.3, -0.25) is 14.0 Å². The Hall–Kier alpha value is -2.64. The minimum Gasteiger partial charge on any atom is -0.339 e. The van der Waals surface area contributed by atoms with Crippen LogP contribution in [0.4, 0.5) is 5.69 Å². The predicted octanol–water partition coefficient (Wildman–Crippen LogP) is 2.93. The van der Waals surface area contributed by atoms with Gasteiger partial charge in [-0.05, 0) is 42.7 Å². The van der Waals surface area contributed by atoms with Crippen molar-refractivity contribution in [3.05, 3.63) is 71.3 Å². The first-order valence-corrected chi connectivity index (χ1v) is 12.4. The van der Waals surface area contributed by atoms with Crippen LogP contribution in [0.2, 0.25) is 0 Å². The van der Waals surface area contributed by atoms with Crippen LogP contribution in [0.1, 0.15) is 16.7 Å². The largest absolute Gasteiger partial charge is 0.339 e. The minimum absolute atomic E-state index is 0.164. The normalized spacial score (nSPS) is 15.4. The second-order valence-electron chi connectivity index (χ2n) is 8.03. The fraction of sp³-hybridized carbons (Fsp3) is 0.375. The number of carbonyl (C=O) groups excluding carboxylic acids is 1. The van der Waals surface area contributed by atoms with Crippen LogP contribution in [0.15, 0.2) is 54.6 Å². The maximum Gasteiger partial charge on any atom is 0.243 e. The zero-order valence-electron chi connectivity index (χ0n) is 18.5. The van der Waals surface area contributed by atoms with E-state index in [1.165, 1.54) is 9.87 Å². The number of aryl methyl sites for hydroxylation is 2. The van der Waals surface area contributed by atoms with E-state index in [-0.39, 0.29) is 12.5 Å². The van der Waals surface area contributed by atoms with Gasteiger partial charge >= 0.3 is 0 Å². The van der Waals surface area contributed by atoms with Crippen molar-refractivity contribution in [3.8, 4) is 0 Å². The number of nitrogens with zero attached hydrogens (tertiary/aromatic N) is 3. The fourth-order valence-corrected chi connectivity index (χ4v) is 4.43. The first-order chi connectivity index (χ1) is 14.7. The summed E-state index contributed by atoms with van der Waals surface area (Å²) < 4.78 is 26.0.